The number of aliphatic carboxylic acids is 1. The number of carbonyl (C=O) groups excluding carboxylic acids is 1. The van der Waals surface area contributed by atoms with Crippen LogP contribution >= 0.6 is 0 Å². The minimum Gasteiger partial charge on any atom is -0.480 e. The van der Waals surface area contributed by atoms with Crippen molar-refractivity contribution in [2.75, 3.05) is 5.73 Å². The number of carboxylic acids is 1. The fraction of sp³-hybridized carbons (Fsp3) is 0.385. The van der Waals surface area contributed by atoms with Gasteiger partial charge in [-0.05, 0) is 29.7 Å². The maximum Gasteiger partial charge on any atom is 0.326 e. The molecule has 1 aromatic rings. The van der Waals surface area contributed by atoms with Crippen molar-refractivity contribution in [3.05, 3.63) is 29.8 Å². The summed E-state index contributed by atoms with van der Waals surface area (Å²) in [4.78, 5) is 23.0. The summed E-state index contributed by atoms with van der Waals surface area (Å²) in [6.45, 7) is 5.28. The number of nitrogens with one attached hydrogen (secondary N) is 1. The molecule has 98 valence electrons. The standard InChI is InChI=1S/C13H18N2O3/c1-13(2,3)10(12(17)18)15-11(16)8-4-6-9(14)7-5-8/h4-7,10H,14H2,1-3H3,(H,15,16)(H,17,18)/t10-/m0/s1. The number of carbonyl (C=O) groups is 2. The zero-order valence-corrected chi connectivity index (χ0v) is 10.7. The second-order valence-electron chi connectivity index (χ2n) is 5.23. The van der Waals surface area contributed by atoms with Crippen molar-refractivity contribution in [1.82, 2.24) is 5.32 Å². The van der Waals surface area contributed by atoms with Gasteiger partial charge in [-0.1, -0.05) is 20.8 Å². The van der Waals surface area contributed by atoms with E-state index < -0.39 is 23.3 Å². The molecule has 5 heteroatoms. The van der Waals surface area contributed by atoms with E-state index in [1.54, 1.807) is 45.0 Å². The van der Waals surface area contributed by atoms with Crippen LogP contribution in [0.15, 0.2) is 24.3 Å². The highest BCUT2D eigenvalue weighted by Gasteiger charge is 2.32. The molecule has 0 saturated heterocycles. The number of nitrogens with two attached hydrogens (primary N) is 1. The molecule has 1 amide bonds. The van der Waals surface area contributed by atoms with E-state index in [-0.39, 0.29) is 0 Å². The van der Waals surface area contributed by atoms with Crippen molar-refractivity contribution >= 4 is 17.6 Å². The quantitative estimate of drug-likeness (QED) is 0.709. The first-order valence-electron chi connectivity index (χ1n) is 5.61. The molecule has 0 fully saturated rings. The predicted molar refractivity (Wildman–Crippen MR) is 69.2 cm³/mol. The van der Waals surface area contributed by atoms with E-state index in [9.17, 15) is 9.59 Å². The molecule has 1 aromatic carbocycles. The average molecular weight is 250 g/mol. The summed E-state index contributed by atoms with van der Waals surface area (Å²) in [5.74, 6) is -1.47. The van der Waals surface area contributed by atoms with Gasteiger partial charge < -0.3 is 16.2 Å². The normalized spacial score (nSPS) is 12.8. The summed E-state index contributed by atoms with van der Waals surface area (Å²) < 4.78 is 0. The predicted octanol–water partition coefficient (Wildman–Crippen LogP) is 1.50. The fourth-order valence-corrected chi connectivity index (χ4v) is 1.50. The van der Waals surface area contributed by atoms with Crippen molar-refractivity contribution in [1.29, 1.82) is 0 Å². The number of benzene rings is 1. The molecule has 0 aliphatic heterocycles. The lowest BCUT2D eigenvalue weighted by molar-refractivity contribution is -0.142. The second kappa shape index (κ2) is 5.08. The van der Waals surface area contributed by atoms with Crippen LogP contribution in [0.1, 0.15) is 31.1 Å². The highest BCUT2D eigenvalue weighted by molar-refractivity contribution is 5.97. The Labute approximate surface area is 106 Å². The van der Waals surface area contributed by atoms with E-state index in [2.05, 4.69) is 5.32 Å². The third kappa shape index (κ3) is 3.48. The summed E-state index contributed by atoms with van der Waals surface area (Å²) in [7, 11) is 0. The zero-order valence-electron chi connectivity index (χ0n) is 10.7. The van der Waals surface area contributed by atoms with E-state index in [1.165, 1.54) is 0 Å². The number of nitrogen functional groups attached to an aromatic ring is 1. The van der Waals surface area contributed by atoms with Gasteiger partial charge in [-0.3, -0.25) is 4.79 Å². The Hall–Kier alpha value is -2.04. The van der Waals surface area contributed by atoms with Crippen LogP contribution in [0, 0.1) is 5.41 Å². The van der Waals surface area contributed by atoms with Crippen molar-refractivity contribution < 1.29 is 14.7 Å². The van der Waals surface area contributed by atoms with Gasteiger partial charge in [0, 0.05) is 11.3 Å². The molecule has 18 heavy (non-hydrogen) atoms. The van der Waals surface area contributed by atoms with E-state index in [4.69, 9.17) is 10.8 Å². The van der Waals surface area contributed by atoms with Crippen LogP contribution in [0.5, 0.6) is 0 Å². The van der Waals surface area contributed by atoms with E-state index in [0.717, 1.165) is 0 Å². The third-order valence-corrected chi connectivity index (χ3v) is 2.56. The Morgan fingerprint density at radius 1 is 1.22 bits per heavy atom. The van der Waals surface area contributed by atoms with Gasteiger partial charge in [0.1, 0.15) is 6.04 Å². The number of hydrogen-bond donors (Lipinski definition) is 3. The molecule has 0 aliphatic carbocycles. The van der Waals surface area contributed by atoms with Gasteiger partial charge in [-0.25, -0.2) is 4.79 Å². The first kappa shape index (κ1) is 14.0. The summed E-state index contributed by atoms with van der Waals surface area (Å²) in [6.07, 6.45) is 0. The van der Waals surface area contributed by atoms with Crippen LogP contribution in [0.3, 0.4) is 0 Å². The lowest BCUT2D eigenvalue weighted by Gasteiger charge is -2.27. The minimum absolute atomic E-state index is 0.389. The summed E-state index contributed by atoms with van der Waals surface area (Å²) in [6, 6.07) is 5.38. The minimum atomic E-state index is -1.05. The van der Waals surface area contributed by atoms with Gasteiger partial charge in [0.15, 0.2) is 0 Å². The molecule has 1 atom stereocenters. The zero-order chi connectivity index (χ0) is 13.9. The molecule has 4 N–H and O–H groups in total. The number of carboxylic acid groups (broad SMARTS) is 1. The lowest BCUT2D eigenvalue weighted by atomic mass is 9.86. The highest BCUT2D eigenvalue weighted by Crippen LogP contribution is 2.20. The van der Waals surface area contributed by atoms with Crippen LogP contribution in [0.4, 0.5) is 5.69 Å². The molecule has 1 rings (SSSR count). The van der Waals surface area contributed by atoms with Crippen molar-refractivity contribution in [3.8, 4) is 0 Å². The van der Waals surface area contributed by atoms with Gasteiger partial charge in [0.25, 0.3) is 5.91 Å². The van der Waals surface area contributed by atoms with E-state index >= 15 is 0 Å². The molecule has 0 aromatic heterocycles. The smallest absolute Gasteiger partial charge is 0.326 e. The Morgan fingerprint density at radius 3 is 2.11 bits per heavy atom. The van der Waals surface area contributed by atoms with Gasteiger partial charge in [0.05, 0.1) is 0 Å². The van der Waals surface area contributed by atoms with Crippen LogP contribution in [0.2, 0.25) is 0 Å². The van der Waals surface area contributed by atoms with Gasteiger partial charge >= 0.3 is 5.97 Å². The first-order valence-corrected chi connectivity index (χ1v) is 5.61. The van der Waals surface area contributed by atoms with Gasteiger partial charge in [-0.2, -0.15) is 0 Å². The number of rotatable bonds is 3. The lowest BCUT2D eigenvalue weighted by Crippen LogP contribution is -2.49. The monoisotopic (exact) mass is 250 g/mol. The molecule has 0 heterocycles. The summed E-state index contributed by atoms with van der Waals surface area (Å²) in [5.41, 5.74) is 5.90. The molecular formula is C13H18N2O3. The Morgan fingerprint density at radius 2 is 1.72 bits per heavy atom. The molecule has 0 saturated carbocycles. The summed E-state index contributed by atoms with van der Waals surface area (Å²) >= 11 is 0. The Balaban J connectivity index is 2.86. The summed E-state index contributed by atoms with van der Waals surface area (Å²) in [5, 5.41) is 11.6. The SMILES string of the molecule is CC(C)(C)[C@@H](NC(=O)c1ccc(N)cc1)C(=O)O. The Kier molecular flexibility index (Phi) is 3.96. The number of anilines is 1. The van der Waals surface area contributed by atoms with Crippen molar-refractivity contribution in [3.63, 3.8) is 0 Å². The number of amides is 1. The Bertz CT molecular complexity index is 446. The largest absolute Gasteiger partial charge is 0.480 e. The molecule has 0 radical (unpaired) electrons. The maximum atomic E-state index is 11.9. The second-order valence-corrected chi connectivity index (χ2v) is 5.23. The van der Waals surface area contributed by atoms with Crippen LogP contribution in [-0.2, 0) is 4.79 Å². The van der Waals surface area contributed by atoms with Crippen LogP contribution < -0.4 is 11.1 Å². The third-order valence-electron chi connectivity index (χ3n) is 2.56. The number of hydrogen-bond acceptors (Lipinski definition) is 3. The molecule has 0 unspecified atom stereocenters. The van der Waals surface area contributed by atoms with Crippen molar-refractivity contribution in [2.45, 2.75) is 26.8 Å². The topological polar surface area (TPSA) is 92.4 Å². The molecule has 0 bridgehead atoms. The van der Waals surface area contributed by atoms with Gasteiger partial charge in [0.2, 0.25) is 0 Å². The van der Waals surface area contributed by atoms with Crippen LogP contribution in [0.25, 0.3) is 0 Å². The van der Waals surface area contributed by atoms with E-state index in [1.807, 2.05) is 0 Å². The molecule has 5 nitrogen and oxygen atoms in total. The fourth-order valence-electron chi connectivity index (χ4n) is 1.50. The molecular weight excluding hydrogens is 232 g/mol. The molecule has 0 spiro atoms. The van der Waals surface area contributed by atoms with Gasteiger partial charge in [-0.15, -0.1) is 0 Å². The molecule has 0 aliphatic rings. The van der Waals surface area contributed by atoms with Crippen LogP contribution in [-0.4, -0.2) is 23.0 Å². The highest BCUT2D eigenvalue weighted by atomic mass is 16.4. The maximum absolute atomic E-state index is 11.9. The van der Waals surface area contributed by atoms with Crippen molar-refractivity contribution in [2.24, 2.45) is 5.41 Å². The average Bonchev–Trinajstić information content (AvgIpc) is 2.24. The first-order chi connectivity index (χ1) is 8.21. The van der Waals surface area contributed by atoms with E-state index in [0.29, 0.717) is 11.3 Å².